The summed E-state index contributed by atoms with van der Waals surface area (Å²) in [7, 11) is 0. The molecule has 5 nitrogen and oxygen atoms in total. The van der Waals surface area contributed by atoms with Crippen LogP contribution in [-0.2, 0) is 6.54 Å². The van der Waals surface area contributed by atoms with Crippen molar-refractivity contribution in [3.8, 4) is 0 Å². The van der Waals surface area contributed by atoms with E-state index >= 15 is 0 Å². The van der Waals surface area contributed by atoms with Gasteiger partial charge in [-0.1, -0.05) is 5.16 Å². The molecule has 0 N–H and O–H groups in total. The normalized spacial score (nSPS) is 15.1. The Labute approximate surface area is 112 Å². The maximum absolute atomic E-state index is 13.3. The average Bonchev–Trinajstić information content (AvgIpc) is 3.07. The zero-order valence-corrected chi connectivity index (χ0v) is 10.4. The lowest BCUT2D eigenvalue weighted by Crippen LogP contribution is -1.99. The highest BCUT2D eigenvalue weighted by Crippen LogP contribution is 2.38. The molecule has 7 heteroatoms. The summed E-state index contributed by atoms with van der Waals surface area (Å²) in [6.45, 7) is 0.293. The third kappa shape index (κ3) is 1.86. The minimum Gasteiger partial charge on any atom is -0.337 e. The molecule has 1 aliphatic rings. The monoisotopic (exact) mass is 276 g/mol. The number of imidazole rings is 1. The minimum atomic E-state index is -0.906. The fraction of sp³-hybridized carbons (Fsp3) is 0.308. The van der Waals surface area contributed by atoms with Crippen LogP contribution >= 0.6 is 0 Å². The lowest BCUT2D eigenvalue weighted by molar-refractivity contribution is 0.367. The summed E-state index contributed by atoms with van der Waals surface area (Å²) < 4.78 is 33.2. The van der Waals surface area contributed by atoms with Gasteiger partial charge in [-0.05, 0) is 12.8 Å². The molecule has 0 aliphatic heterocycles. The standard InChI is InChI=1S/C13H10F2N4O/c14-8-3-10-11(4-9(8)15)19(6-16-10)5-12-17-13(18-20-12)7-1-2-7/h3-4,6-7H,1-2,5H2. The number of aromatic nitrogens is 4. The van der Waals surface area contributed by atoms with Gasteiger partial charge in [-0.3, -0.25) is 0 Å². The number of halogens is 2. The Bertz CT molecular complexity index is 791. The Kier molecular flexibility index (Phi) is 2.35. The van der Waals surface area contributed by atoms with E-state index in [4.69, 9.17) is 4.52 Å². The van der Waals surface area contributed by atoms with Gasteiger partial charge >= 0.3 is 0 Å². The van der Waals surface area contributed by atoms with Gasteiger partial charge in [-0.2, -0.15) is 4.98 Å². The predicted molar refractivity (Wildman–Crippen MR) is 65.0 cm³/mol. The third-order valence-corrected chi connectivity index (χ3v) is 3.40. The van der Waals surface area contributed by atoms with Crippen molar-refractivity contribution in [2.24, 2.45) is 0 Å². The lowest BCUT2D eigenvalue weighted by atomic mass is 10.3. The quantitative estimate of drug-likeness (QED) is 0.738. The highest BCUT2D eigenvalue weighted by Gasteiger charge is 2.28. The Hall–Kier alpha value is -2.31. The molecule has 0 unspecified atom stereocenters. The van der Waals surface area contributed by atoms with Crippen LogP contribution in [0.15, 0.2) is 23.0 Å². The molecule has 0 radical (unpaired) electrons. The van der Waals surface area contributed by atoms with Gasteiger partial charge in [-0.25, -0.2) is 13.8 Å². The van der Waals surface area contributed by atoms with E-state index in [0.717, 1.165) is 30.8 Å². The van der Waals surface area contributed by atoms with E-state index in [-0.39, 0.29) is 0 Å². The van der Waals surface area contributed by atoms with Gasteiger partial charge in [-0.15, -0.1) is 0 Å². The first-order valence-corrected chi connectivity index (χ1v) is 6.33. The second-order valence-electron chi connectivity index (χ2n) is 4.95. The van der Waals surface area contributed by atoms with E-state index in [9.17, 15) is 8.78 Å². The zero-order chi connectivity index (χ0) is 13.7. The number of rotatable bonds is 3. The summed E-state index contributed by atoms with van der Waals surface area (Å²) in [6, 6.07) is 2.19. The van der Waals surface area contributed by atoms with E-state index in [2.05, 4.69) is 15.1 Å². The smallest absolute Gasteiger partial charge is 0.246 e. The van der Waals surface area contributed by atoms with Crippen molar-refractivity contribution in [3.05, 3.63) is 41.8 Å². The van der Waals surface area contributed by atoms with Gasteiger partial charge in [0, 0.05) is 18.1 Å². The summed E-state index contributed by atoms with van der Waals surface area (Å²) in [5.74, 6) is -0.226. The van der Waals surface area contributed by atoms with E-state index in [0.29, 0.717) is 29.4 Å². The first kappa shape index (κ1) is 11.5. The fourth-order valence-corrected chi connectivity index (χ4v) is 2.16. The van der Waals surface area contributed by atoms with Crippen molar-refractivity contribution in [1.82, 2.24) is 19.7 Å². The maximum Gasteiger partial charge on any atom is 0.246 e. The number of nitrogens with zero attached hydrogens (tertiary/aromatic N) is 4. The largest absolute Gasteiger partial charge is 0.337 e. The van der Waals surface area contributed by atoms with Gasteiger partial charge in [0.05, 0.1) is 17.4 Å². The zero-order valence-electron chi connectivity index (χ0n) is 10.4. The van der Waals surface area contributed by atoms with Crippen LogP contribution in [0.25, 0.3) is 11.0 Å². The van der Waals surface area contributed by atoms with Crippen LogP contribution in [0.2, 0.25) is 0 Å². The van der Waals surface area contributed by atoms with Crippen LogP contribution in [0.4, 0.5) is 8.78 Å². The molecule has 4 rings (SSSR count). The third-order valence-electron chi connectivity index (χ3n) is 3.40. The average molecular weight is 276 g/mol. The number of benzene rings is 1. The van der Waals surface area contributed by atoms with Gasteiger partial charge < -0.3 is 9.09 Å². The maximum atomic E-state index is 13.3. The van der Waals surface area contributed by atoms with Crippen LogP contribution in [-0.4, -0.2) is 19.7 Å². The molecule has 20 heavy (non-hydrogen) atoms. The molecule has 102 valence electrons. The first-order chi connectivity index (χ1) is 9.70. The molecular weight excluding hydrogens is 266 g/mol. The van der Waals surface area contributed by atoms with Crippen molar-refractivity contribution in [2.45, 2.75) is 25.3 Å². The summed E-state index contributed by atoms with van der Waals surface area (Å²) in [5, 5.41) is 3.92. The molecule has 0 amide bonds. The molecule has 2 heterocycles. The molecule has 0 spiro atoms. The SMILES string of the molecule is Fc1cc2ncn(Cc3nc(C4CC4)no3)c2cc1F. The molecule has 3 aromatic rings. The summed E-state index contributed by atoms with van der Waals surface area (Å²) in [6.07, 6.45) is 3.69. The van der Waals surface area contributed by atoms with Crippen molar-refractivity contribution in [3.63, 3.8) is 0 Å². The fourth-order valence-electron chi connectivity index (χ4n) is 2.16. The molecule has 0 atom stereocenters. The molecule has 2 aromatic heterocycles. The lowest BCUT2D eigenvalue weighted by Gasteiger charge is -2.00. The Morgan fingerprint density at radius 2 is 2.05 bits per heavy atom. The van der Waals surface area contributed by atoms with E-state index < -0.39 is 11.6 Å². The summed E-state index contributed by atoms with van der Waals surface area (Å²) >= 11 is 0. The van der Waals surface area contributed by atoms with Crippen molar-refractivity contribution < 1.29 is 13.3 Å². The second-order valence-corrected chi connectivity index (χ2v) is 4.95. The van der Waals surface area contributed by atoms with Crippen molar-refractivity contribution in [1.29, 1.82) is 0 Å². The van der Waals surface area contributed by atoms with Crippen molar-refractivity contribution in [2.75, 3.05) is 0 Å². The van der Waals surface area contributed by atoms with Gasteiger partial charge in [0.25, 0.3) is 0 Å². The molecule has 1 aliphatic carbocycles. The van der Waals surface area contributed by atoms with E-state index in [1.165, 1.54) is 6.33 Å². The topological polar surface area (TPSA) is 56.7 Å². The second kappa shape index (κ2) is 4.09. The summed E-state index contributed by atoms with van der Waals surface area (Å²) in [4.78, 5) is 8.34. The number of hydrogen-bond donors (Lipinski definition) is 0. The molecule has 0 bridgehead atoms. The number of hydrogen-bond acceptors (Lipinski definition) is 4. The number of fused-ring (bicyclic) bond motifs is 1. The van der Waals surface area contributed by atoms with Crippen LogP contribution in [0, 0.1) is 11.6 Å². The highest BCUT2D eigenvalue weighted by molar-refractivity contribution is 5.75. The Balaban J connectivity index is 1.68. The van der Waals surface area contributed by atoms with Gasteiger partial charge in [0.15, 0.2) is 17.5 Å². The molecule has 1 saturated carbocycles. The molecular formula is C13H10F2N4O. The minimum absolute atomic E-state index is 0.293. The highest BCUT2D eigenvalue weighted by atomic mass is 19.2. The predicted octanol–water partition coefficient (Wildman–Crippen LogP) is 2.62. The van der Waals surface area contributed by atoms with Crippen LogP contribution < -0.4 is 0 Å². The summed E-state index contributed by atoms with van der Waals surface area (Å²) in [5.41, 5.74) is 0.890. The van der Waals surface area contributed by atoms with E-state index in [1.807, 2.05) is 0 Å². The van der Waals surface area contributed by atoms with Crippen LogP contribution in [0.1, 0.15) is 30.5 Å². The first-order valence-electron chi connectivity index (χ1n) is 6.33. The molecule has 1 aromatic carbocycles. The van der Waals surface area contributed by atoms with Crippen LogP contribution in [0.5, 0.6) is 0 Å². The molecule has 1 fully saturated rings. The van der Waals surface area contributed by atoms with Gasteiger partial charge in [0.2, 0.25) is 5.89 Å². The van der Waals surface area contributed by atoms with Gasteiger partial charge in [0.1, 0.15) is 6.54 Å². The van der Waals surface area contributed by atoms with Crippen molar-refractivity contribution >= 4 is 11.0 Å². The van der Waals surface area contributed by atoms with E-state index in [1.54, 1.807) is 4.57 Å². The Morgan fingerprint density at radius 1 is 1.25 bits per heavy atom. The van der Waals surface area contributed by atoms with Crippen LogP contribution in [0.3, 0.4) is 0 Å². The Morgan fingerprint density at radius 3 is 2.85 bits per heavy atom. The molecule has 0 saturated heterocycles.